The van der Waals surface area contributed by atoms with Gasteiger partial charge in [-0.1, -0.05) is 20.8 Å². The molecule has 1 N–H and O–H groups in total. The quantitative estimate of drug-likeness (QED) is 0.895. The van der Waals surface area contributed by atoms with Crippen LogP contribution in [0.5, 0.6) is 0 Å². The van der Waals surface area contributed by atoms with Crippen LogP contribution in [0.4, 0.5) is 13.2 Å². The average molecular weight is 294 g/mol. The summed E-state index contributed by atoms with van der Waals surface area (Å²) in [5.74, 6) is -1.51. The molecule has 20 heavy (non-hydrogen) atoms. The van der Waals surface area contributed by atoms with E-state index in [1.165, 1.54) is 0 Å². The highest BCUT2D eigenvalue weighted by molar-refractivity contribution is 5.81. The van der Waals surface area contributed by atoms with E-state index in [1.54, 1.807) is 20.8 Å². The zero-order valence-electron chi connectivity index (χ0n) is 11.7. The number of rotatable bonds is 3. The summed E-state index contributed by atoms with van der Waals surface area (Å²) in [6, 6.07) is 0. The summed E-state index contributed by atoms with van der Waals surface area (Å²) in [4.78, 5) is 23.1. The van der Waals surface area contributed by atoms with Crippen molar-refractivity contribution in [1.29, 1.82) is 0 Å². The van der Waals surface area contributed by atoms with Crippen LogP contribution in [0.3, 0.4) is 0 Å². The van der Waals surface area contributed by atoms with Crippen molar-refractivity contribution < 1.29 is 18.0 Å². The van der Waals surface area contributed by atoms with E-state index in [2.05, 4.69) is 10.4 Å². The highest BCUT2D eigenvalue weighted by Crippen LogP contribution is 2.25. The Morgan fingerprint density at radius 3 is 2.25 bits per heavy atom. The first kappa shape index (κ1) is 16.3. The zero-order chi connectivity index (χ0) is 15.7. The molecule has 0 aromatic carbocycles. The molecule has 1 heterocycles. The maximum absolute atomic E-state index is 12.5. The van der Waals surface area contributed by atoms with Crippen LogP contribution in [0.2, 0.25) is 0 Å². The molecule has 0 bridgehead atoms. The lowest BCUT2D eigenvalue weighted by molar-refractivity contribution is -0.147. The molecule has 0 radical (unpaired) electrons. The van der Waals surface area contributed by atoms with Crippen molar-refractivity contribution in [3.8, 4) is 0 Å². The highest BCUT2D eigenvalue weighted by atomic mass is 19.4. The van der Waals surface area contributed by atoms with Crippen molar-refractivity contribution >= 4 is 5.91 Å². The molecule has 1 aromatic rings. The van der Waals surface area contributed by atoms with Gasteiger partial charge >= 0.3 is 11.9 Å². The summed E-state index contributed by atoms with van der Waals surface area (Å²) < 4.78 is 38.8. The Hall–Kier alpha value is -1.80. The fourth-order valence-electron chi connectivity index (χ4n) is 1.42. The van der Waals surface area contributed by atoms with Crippen LogP contribution in [-0.2, 0) is 24.6 Å². The minimum atomic E-state index is -4.69. The van der Waals surface area contributed by atoms with Crippen LogP contribution in [0, 0.1) is 5.41 Å². The van der Waals surface area contributed by atoms with E-state index in [9.17, 15) is 22.8 Å². The van der Waals surface area contributed by atoms with Gasteiger partial charge in [0.05, 0.1) is 6.54 Å². The number of nitrogens with one attached hydrogen (secondary N) is 1. The molecule has 1 aromatic heterocycles. The van der Waals surface area contributed by atoms with Gasteiger partial charge in [0, 0.05) is 19.0 Å². The maximum atomic E-state index is 12.5. The van der Waals surface area contributed by atoms with Crippen molar-refractivity contribution in [1.82, 2.24) is 19.7 Å². The standard InChI is InChI=1S/C11H17F3N4O2/c1-10(2,3)8(19)15-5-6-18-9(20)17(4)7(16-18)11(12,13)14/h5-6H2,1-4H3,(H,15,19). The lowest BCUT2D eigenvalue weighted by Crippen LogP contribution is -2.38. The van der Waals surface area contributed by atoms with Crippen LogP contribution in [0.1, 0.15) is 26.6 Å². The number of hydrogen-bond acceptors (Lipinski definition) is 3. The monoisotopic (exact) mass is 294 g/mol. The Kier molecular flexibility index (Phi) is 4.30. The van der Waals surface area contributed by atoms with Gasteiger partial charge in [-0.3, -0.25) is 9.36 Å². The van der Waals surface area contributed by atoms with Crippen LogP contribution >= 0.6 is 0 Å². The fourth-order valence-corrected chi connectivity index (χ4v) is 1.42. The number of carbonyl (C=O) groups excluding carboxylic acids is 1. The van der Waals surface area contributed by atoms with E-state index in [4.69, 9.17) is 0 Å². The predicted octanol–water partition coefficient (Wildman–Crippen LogP) is 0.763. The first-order valence-corrected chi connectivity index (χ1v) is 5.94. The number of carbonyl (C=O) groups is 1. The maximum Gasteiger partial charge on any atom is 0.451 e. The summed E-state index contributed by atoms with van der Waals surface area (Å²) in [5.41, 5.74) is -1.48. The molecule has 1 amide bonds. The highest BCUT2D eigenvalue weighted by Gasteiger charge is 2.37. The minimum Gasteiger partial charge on any atom is -0.354 e. The first-order chi connectivity index (χ1) is 8.94. The van der Waals surface area contributed by atoms with Crippen LogP contribution in [-0.4, -0.2) is 26.8 Å². The summed E-state index contributed by atoms with van der Waals surface area (Å²) in [5, 5.41) is 5.77. The molecule has 6 nitrogen and oxygen atoms in total. The van der Waals surface area contributed by atoms with E-state index in [1.807, 2.05) is 0 Å². The molecule has 1 rings (SSSR count). The van der Waals surface area contributed by atoms with Crippen molar-refractivity contribution in [2.24, 2.45) is 12.5 Å². The molecule has 0 saturated carbocycles. The van der Waals surface area contributed by atoms with E-state index < -0.39 is 23.1 Å². The minimum absolute atomic E-state index is 0.0321. The van der Waals surface area contributed by atoms with Gasteiger partial charge in [0.1, 0.15) is 0 Å². The third-order valence-corrected chi connectivity index (χ3v) is 2.58. The smallest absolute Gasteiger partial charge is 0.354 e. The Morgan fingerprint density at radius 1 is 1.30 bits per heavy atom. The number of hydrogen-bond donors (Lipinski definition) is 1. The number of nitrogens with zero attached hydrogens (tertiary/aromatic N) is 3. The summed E-state index contributed by atoms with van der Waals surface area (Å²) >= 11 is 0. The lowest BCUT2D eigenvalue weighted by Gasteiger charge is -2.17. The molecule has 0 unspecified atom stereocenters. The SMILES string of the molecule is Cn1c(C(F)(F)F)nn(CCNC(=O)C(C)(C)C)c1=O. The summed E-state index contributed by atoms with van der Waals surface area (Å²) in [6.45, 7) is 5.03. The second kappa shape index (κ2) is 5.29. The van der Waals surface area contributed by atoms with Gasteiger partial charge in [0.2, 0.25) is 11.7 Å². The molecule has 0 atom stereocenters. The molecule has 0 fully saturated rings. The van der Waals surface area contributed by atoms with Crippen molar-refractivity contribution in [2.75, 3.05) is 6.54 Å². The van der Waals surface area contributed by atoms with E-state index in [0.717, 1.165) is 7.05 Å². The third-order valence-electron chi connectivity index (χ3n) is 2.58. The van der Waals surface area contributed by atoms with Gasteiger partial charge in [-0.05, 0) is 0 Å². The number of alkyl halides is 3. The van der Waals surface area contributed by atoms with E-state index in [0.29, 0.717) is 9.25 Å². The predicted molar refractivity (Wildman–Crippen MR) is 64.9 cm³/mol. The van der Waals surface area contributed by atoms with Crippen LogP contribution in [0.25, 0.3) is 0 Å². The molecule has 114 valence electrons. The zero-order valence-corrected chi connectivity index (χ0v) is 11.7. The molecular weight excluding hydrogens is 277 g/mol. The number of halogens is 3. The van der Waals surface area contributed by atoms with Gasteiger partial charge in [0.25, 0.3) is 0 Å². The van der Waals surface area contributed by atoms with Gasteiger partial charge in [-0.15, -0.1) is 5.10 Å². The third kappa shape index (κ3) is 3.61. The van der Waals surface area contributed by atoms with Crippen molar-refractivity contribution in [3.63, 3.8) is 0 Å². The Morgan fingerprint density at radius 2 is 1.85 bits per heavy atom. The van der Waals surface area contributed by atoms with Gasteiger partial charge in [-0.25, -0.2) is 9.48 Å². The summed E-state index contributed by atoms with van der Waals surface area (Å²) in [7, 11) is 1.00. The molecule has 9 heteroatoms. The summed E-state index contributed by atoms with van der Waals surface area (Å²) in [6.07, 6.45) is -4.69. The Bertz CT molecular complexity index is 551. The van der Waals surface area contributed by atoms with Gasteiger partial charge < -0.3 is 5.32 Å². The molecule has 0 aliphatic rings. The van der Waals surface area contributed by atoms with Gasteiger partial charge in [-0.2, -0.15) is 13.2 Å². The Labute approximate surface area is 113 Å². The van der Waals surface area contributed by atoms with Gasteiger partial charge in [0.15, 0.2) is 0 Å². The lowest BCUT2D eigenvalue weighted by atomic mass is 9.96. The Balaban J connectivity index is 2.76. The van der Waals surface area contributed by atoms with E-state index >= 15 is 0 Å². The fraction of sp³-hybridized carbons (Fsp3) is 0.727. The van der Waals surface area contributed by atoms with Crippen molar-refractivity contribution in [2.45, 2.75) is 33.5 Å². The molecule has 0 aliphatic carbocycles. The van der Waals surface area contributed by atoms with E-state index in [-0.39, 0.29) is 19.0 Å². The van der Waals surface area contributed by atoms with Crippen LogP contribution in [0.15, 0.2) is 4.79 Å². The average Bonchev–Trinajstić information content (AvgIpc) is 2.55. The molecule has 0 aliphatic heterocycles. The second-order valence-electron chi connectivity index (χ2n) is 5.39. The normalized spacial score (nSPS) is 12.6. The number of aromatic nitrogens is 3. The second-order valence-corrected chi connectivity index (χ2v) is 5.39. The van der Waals surface area contributed by atoms with Crippen LogP contribution < -0.4 is 11.0 Å². The topological polar surface area (TPSA) is 68.9 Å². The molecule has 0 spiro atoms. The largest absolute Gasteiger partial charge is 0.451 e. The van der Waals surface area contributed by atoms with Crippen molar-refractivity contribution in [3.05, 3.63) is 16.3 Å². The number of amides is 1. The first-order valence-electron chi connectivity index (χ1n) is 5.94. The molecule has 0 saturated heterocycles. The molecular formula is C11H17F3N4O2.